The van der Waals surface area contributed by atoms with Gasteiger partial charge in [-0.15, -0.1) is 5.10 Å². The van der Waals surface area contributed by atoms with Gasteiger partial charge in [0.05, 0.1) is 23.3 Å². The molecule has 0 radical (unpaired) electrons. The van der Waals surface area contributed by atoms with Gasteiger partial charge in [-0.05, 0) is 25.5 Å². The van der Waals surface area contributed by atoms with Gasteiger partial charge in [-0.2, -0.15) is 0 Å². The van der Waals surface area contributed by atoms with Crippen molar-refractivity contribution >= 4 is 23.3 Å². The lowest BCUT2D eigenvalue weighted by atomic mass is 9.71. The highest BCUT2D eigenvalue weighted by Crippen LogP contribution is 2.51. The maximum Gasteiger partial charge on any atom is 0.293 e. The highest BCUT2D eigenvalue weighted by Gasteiger charge is 2.60. The fraction of sp³-hybridized carbons (Fsp3) is 0.417. The summed E-state index contributed by atoms with van der Waals surface area (Å²) in [5.74, 6) is -7.53. The van der Waals surface area contributed by atoms with Crippen LogP contribution in [0, 0.1) is 12.7 Å². The van der Waals surface area contributed by atoms with Crippen molar-refractivity contribution in [1.82, 2.24) is 30.3 Å². The molecule has 1 saturated carbocycles. The average molecular weight is 551 g/mol. The first-order valence-corrected chi connectivity index (χ1v) is 11.9. The Balaban J connectivity index is 1.46. The number of nitrogens with zero attached hydrogens (tertiary/aromatic N) is 4. The molecule has 1 fully saturated rings. The number of rotatable bonds is 7. The third kappa shape index (κ3) is 4.44. The van der Waals surface area contributed by atoms with Crippen LogP contribution in [-0.2, 0) is 23.3 Å². The summed E-state index contributed by atoms with van der Waals surface area (Å²) in [7, 11) is 0. The van der Waals surface area contributed by atoms with Crippen molar-refractivity contribution in [1.29, 1.82) is 0 Å². The first-order valence-electron chi connectivity index (χ1n) is 11.9. The topological polar surface area (TPSA) is 135 Å². The van der Waals surface area contributed by atoms with Crippen LogP contribution in [0.15, 0.2) is 18.5 Å². The second-order valence-electron chi connectivity index (χ2n) is 9.77. The highest BCUT2D eigenvalue weighted by atomic mass is 19.3. The van der Waals surface area contributed by atoms with E-state index in [9.17, 15) is 36.3 Å². The second kappa shape index (κ2) is 9.24. The Morgan fingerprint density at radius 3 is 2.59 bits per heavy atom. The van der Waals surface area contributed by atoms with Crippen LogP contribution in [-0.4, -0.2) is 54.7 Å². The SMILES string of the molecule is Cc1c(C(=O)C(=O)NC2(c3c[nH]nn3)CC(F)(F)C2)c2n(c1C(=O)Nc1ccnc(C(C)F)c1F)C[C@H](F)C2. The van der Waals surface area contributed by atoms with Crippen LogP contribution >= 0.6 is 0 Å². The number of Topliss-reactive ketones (excluding diaryl/α,β-unsaturated/α-hetero) is 1. The Hall–Kier alpha value is -4.17. The number of aromatic nitrogens is 5. The number of hydrogen-bond acceptors (Lipinski definition) is 6. The van der Waals surface area contributed by atoms with Crippen molar-refractivity contribution in [2.75, 3.05) is 5.32 Å². The second-order valence-corrected chi connectivity index (χ2v) is 9.77. The van der Waals surface area contributed by atoms with Crippen LogP contribution in [0.4, 0.5) is 27.6 Å². The molecule has 0 bridgehead atoms. The lowest BCUT2D eigenvalue weighted by Gasteiger charge is -2.46. The summed E-state index contributed by atoms with van der Waals surface area (Å²) < 4.78 is 71.7. The molecule has 1 unspecified atom stereocenters. The summed E-state index contributed by atoms with van der Waals surface area (Å²) in [5, 5.41) is 14.2. The van der Waals surface area contributed by atoms with Gasteiger partial charge in [0, 0.05) is 37.4 Å². The number of alkyl halides is 4. The van der Waals surface area contributed by atoms with E-state index in [0.717, 1.165) is 19.2 Å². The van der Waals surface area contributed by atoms with Crippen LogP contribution < -0.4 is 10.6 Å². The lowest BCUT2D eigenvalue weighted by molar-refractivity contribution is -0.148. The van der Waals surface area contributed by atoms with E-state index in [1.54, 1.807) is 0 Å². The van der Waals surface area contributed by atoms with Crippen molar-refractivity contribution < 1.29 is 36.3 Å². The van der Waals surface area contributed by atoms with Gasteiger partial charge < -0.3 is 15.2 Å². The van der Waals surface area contributed by atoms with Gasteiger partial charge in [0.15, 0.2) is 5.82 Å². The molecular weight excluding hydrogens is 529 g/mol. The molecule has 1 aliphatic heterocycles. The first-order chi connectivity index (χ1) is 18.3. The number of pyridine rings is 1. The van der Waals surface area contributed by atoms with Crippen molar-refractivity contribution in [3.05, 3.63) is 58.2 Å². The van der Waals surface area contributed by atoms with Crippen LogP contribution in [0.2, 0.25) is 0 Å². The largest absolute Gasteiger partial charge is 0.337 e. The van der Waals surface area contributed by atoms with E-state index in [4.69, 9.17) is 0 Å². The molecule has 2 amide bonds. The van der Waals surface area contributed by atoms with Gasteiger partial charge >= 0.3 is 0 Å². The summed E-state index contributed by atoms with van der Waals surface area (Å²) >= 11 is 0. The van der Waals surface area contributed by atoms with Gasteiger partial charge in [-0.25, -0.2) is 22.0 Å². The number of aromatic amines is 1. The number of H-pyrrole nitrogens is 1. The maximum absolute atomic E-state index is 14.7. The third-order valence-electron chi connectivity index (χ3n) is 6.98. The third-order valence-corrected chi connectivity index (χ3v) is 6.98. The van der Waals surface area contributed by atoms with E-state index in [1.807, 2.05) is 0 Å². The molecule has 5 rings (SSSR count). The smallest absolute Gasteiger partial charge is 0.293 e. The molecule has 3 N–H and O–H groups in total. The Morgan fingerprint density at radius 2 is 1.97 bits per heavy atom. The Morgan fingerprint density at radius 1 is 1.26 bits per heavy atom. The molecule has 2 atom stereocenters. The van der Waals surface area contributed by atoms with Gasteiger partial charge in [-0.1, -0.05) is 5.21 Å². The molecule has 206 valence electrons. The average Bonchev–Trinajstić information content (AvgIpc) is 3.54. The van der Waals surface area contributed by atoms with Gasteiger partial charge in [-0.3, -0.25) is 24.5 Å². The molecule has 10 nitrogen and oxygen atoms in total. The molecule has 0 saturated heterocycles. The molecule has 0 aromatic carbocycles. The maximum atomic E-state index is 14.7. The van der Waals surface area contributed by atoms with E-state index in [1.165, 1.54) is 17.7 Å². The Kier molecular flexibility index (Phi) is 6.26. The molecule has 39 heavy (non-hydrogen) atoms. The minimum absolute atomic E-state index is 0.0116. The normalized spacial score (nSPS) is 19.6. The van der Waals surface area contributed by atoms with E-state index >= 15 is 0 Å². The predicted octanol–water partition coefficient (Wildman–Crippen LogP) is 3.25. The van der Waals surface area contributed by atoms with Crippen LogP contribution in [0.1, 0.15) is 69.4 Å². The number of carbonyl (C=O) groups excluding carboxylic acids is 3. The van der Waals surface area contributed by atoms with Crippen molar-refractivity contribution in [2.45, 2.75) is 63.5 Å². The molecule has 3 aromatic rings. The van der Waals surface area contributed by atoms with E-state index in [2.05, 4.69) is 31.0 Å². The molecule has 15 heteroatoms. The van der Waals surface area contributed by atoms with Gasteiger partial charge in [0.25, 0.3) is 23.5 Å². The monoisotopic (exact) mass is 551 g/mol. The number of halogens is 5. The van der Waals surface area contributed by atoms with E-state index < -0.39 is 65.8 Å². The van der Waals surface area contributed by atoms with E-state index in [0.29, 0.717) is 0 Å². The number of fused-ring (bicyclic) bond motifs is 1. The number of ketones is 1. The fourth-order valence-corrected chi connectivity index (χ4v) is 5.29. The van der Waals surface area contributed by atoms with Gasteiger partial charge in [0.1, 0.15) is 29.4 Å². The lowest BCUT2D eigenvalue weighted by Crippen LogP contribution is -2.61. The van der Waals surface area contributed by atoms with E-state index in [-0.39, 0.29) is 46.9 Å². The standard InChI is InChI=1S/C24H22F5N7O3/c1-10-16(20(37)22(39)33-23(8-24(28,29)9-23)15-6-31-35-34-15)14-5-12(26)7-36(14)19(10)21(38)32-13-3-4-30-18(11(2)25)17(13)27/h3-4,6,11-12H,5,7-9H2,1-2H3,(H,33,39)(H,30,32,38)(H,31,34,35)/t11?,12-/m1/s1. The Bertz CT molecular complexity index is 1480. The zero-order valence-electron chi connectivity index (χ0n) is 20.6. The van der Waals surface area contributed by atoms with Crippen LogP contribution in [0.25, 0.3) is 0 Å². The first kappa shape index (κ1) is 26.4. The fourth-order valence-electron chi connectivity index (χ4n) is 5.29. The van der Waals surface area contributed by atoms with Crippen LogP contribution in [0.3, 0.4) is 0 Å². The summed E-state index contributed by atoms with van der Waals surface area (Å²) in [5.41, 5.74) is -2.92. The summed E-state index contributed by atoms with van der Waals surface area (Å²) in [6.45, 7) is 2.12. The zero-order chi connectivity index (χ0) is 28.3. The molecule has 2 aliphatic rings. The highest BCUT2D eigenvalue weighted by molar-refractivity contribution is 6.44. The molecule has 4 heterocycles. The van der Waals surface area contributed by atoms with Crippen LogP contribution in [0.5, 0.6) is 0 Å². The van der Waals surface area contributed by atoms with Crippen molar-refractivity contribution in [3.63, 3.8) is 0 Å². The number of hydrogen-bond donors (Lipinski definition) is 3. The zero-order valence-corrected chi connectivity index (χ0v) is 20.6. The molecule has 0 spiro atoms. The predicted molar refractivity (Wildman–Crippen MR) is 124 cm³/mol. The number of carbonyl (C=O) groups is 3. The quantitative estimate of drug-likeness (QED) is 0.235. The summed E-state index contributed by atoms with van der Waals surface area (Å²) in [6, 6.07) is 1.11. The summed E-state index contributed by atoms with van der Waals surface area (Å²) in [6.07, 6.45) is -2.82. The minimum Gasteiger partial charge on any atom is -0.337 e. The number of amides is 2. The molecule has 1 aliphatic carbocycles. The Labute approximate surface area is 217 Å². The number of nitrogens with one attached hydrogen (secondary N) is 3. The van der Waals surface area contributed by atoms with Crippen molar-refractivity contribution in [3.8, 4) is 0 Å². The summed E-state index contributed by atoms with van der Waals surface area (Å²) in [4.78, 5) is 43.2. The molecular formula is C24H22F5N7O3. The van der Waals surface area contributed by atoms with Crippen molar-refractivity contribution in [2.24, 2.45) is 0 Å². The molecule has 3 aromatic heterocycles. The minimum atomic E-state index is -3.10. The van der Waals surface area contributed by atoms with Gasteiger partial charge in [0.2, 0.25) is 0 Å². The number of anilines is 1.